The van der Waals surface area contributed by atoms with Gasteiger partial charge < -0.3 is 15.7 Å². The molecule has 8 heteroatoms. The van der Waals surface area contributed by atoms with Crippen molar-refractivity contribution >= 4 is 15.7 Å². The Labute approximate surface area is 121 Å². The number of pyridine rings is 1. The molecule has 1 aromatic carbocycles. The van der Waals surface area contributed by atoms with Crippen molar-refractivity contribution in [2.45, 2.75) is 4.90 Å². The van der Waals surface area contributed by atoms with Gasteiger partial charge in [-0.3, -0.25) is 4.98 Å². The average Bonchev–Trinajstić information content (AvgIpc) is 2.46. The monoisotopic (exact) mass is 307 g/mol. The molecule has 0 saturated carbocycles. The van der Waals surface area contributed by atoms with E-state index in [1.54, 1.807) is 12.1 Å². The first-order valence-corrected chi connectivity index (χ1v) is 7.71. The topological polar surface area (TPSA) is 115 Å². The van der Waals surface area contributed by atoms with Crippen molar-refractivity contribution in [1.29, 1.82) is 0 Å². The van der Waals surface area contributed by atoms with Crippen molar-refractivity contribution in [1.82, 2.24) is 4.98 Å². The summed E-state index contributed by atoms with van der Waals surface area (Å²) in [6.45, 7) is 0. The summed E-state index contributed by atoms with van der Waals surface area (Å²) in [5, 5.41) is 11.6. The van der Waals surface area contributed by atoms with Gasteiger partial charge in [0.15, 0.2) is 21.4 Å². The second-order valence-corrected chi connectivity index (χ2v) is 6.22. The third kappa shape index (κ3) is 3.48. The molecule has 0 bridgehead atoms. The van der Waals surface area contributed by atoms with E-state index >= 15 is 0 Å². The molecule has 2 aromatic rings. The predicted octanol–water partition coefficient (Wildman–Crippen LogP) is 1.37. The van der Waals surface area contributed by atoms with Crippen LogP contribution in [0.2, 0.25) is 0 Å². The van der Waals surface area contributed by atoms with E-state index in [9.17, 15) is 8.42 Å². The summed E-state index contributed by atoms with van der Waals surface area (Å²) < 4.78 is 28.6. The van der Waals surface area contributed by atoms with E-state index in [2.05, 4.69) is 10.1 Å². The summed E-state index contributed by atoms with van der Waals surface area (Å²) in [7, 11) is -3.33. The highest BCUT2D eigenvalue weighted by Gasteiger charge is 2.12. The molecule has 0 radical (unpaired) electrons. The van der Waals surface area contributed by atoms with Gasteiger partial charge in [0.1, 0.15) is 5.75 Å². The molecule has 0 saturated heterocycles. The smallest absolute Gasteiger partial charge is 0.175 e. The van der Waals surface area contributed by atoms with Gasteiger partial charge in [0.05, 0.1) is 16.7 Å². The highest BCUT2D eigenvalue weighted by atomic mass is 32.2. The lowest BCUT2D eigenvalue weighted by molar-refractivity contribution is 0.318. The quantitative estimate of drug-likeness (QED) is 0.381. The first-order chi connectivity index (χ1) is 9.91. The highest BCUT2D eigenvalue weighted by molar-refractivity contribution is 7.90. The van der Waals surface area contributed by atoms with E-state index in [0.717, 1.165) is 6.26 Å². The Kier molecular flexibility index (Phi) is 4.08. The minimum atomic E-state index is -3.33. The van der Waals surface area contributed by atoms with E-state index in [1.165, 1.54) is 30.6 Å². The molecule has 110 valence electrons. The minimum absolute atomic E-state index is 0.133. The summed E-state index contributed by atoms with van der Waals surface area (Å²) >= 11 is 0. The van der Waals surface area contributed by atoms with Gasteiger partial charge in [0.25, 0.3) is 0 Å². The van der Waals surface area contributed by atoms with Gasteiger partial charge in [-0.05, 0) is 24.3 Å². The lowest BCUT2D eigenvalue weighted by atomic mass is 10.2. The molecule has 0 amide bonds. The Morgan fingerprint density at radius 2 is 2.14 bits per heavy atom. The second kappa shape index (κ2) is 5.80. The molecule has 0 aliphatic heterocycles. The molecule has 3 N–H and O–H groups in total. The molecule has 0 unspecified atom stereocenters. The zero-order chi connectivity index (χ0) is 15.5. The van der Waals surface area contributed by atoms with Crippen LogP contribution in [-0.2, 0) is 9.84 Å². The fraction of sp³-hybridized carbons (Fsp3) is 0.0769. The molecule has 21 heavy (non-hydrogen) atoms. The fourth-order valence-electron chi connectivity index (χ4n) is 1.62. The number of aromatic nitrogens is 1. The Morgan fingerprint density at radius 3 is 2.81 bits per heavy atom. The van der Waals surface area contributed by atoms with Crippen LogP contribution < -0.4 is 10.5 Å². The fourth-order valence-corrected chi connectivity index (χ4v) is 2.28. The van der Waals surface area contributed by atoms with Gasteiger partial charge in [0, 0.05) is 12.5 Å². The predicted molar refractivity (Wildman–Crippen MR) is 76.4 cm³/mol. The number of amidine groups is 1. The SMILES string of the molecule is CS(=O)(=O)c1cccc(Oc2cnccc2/C(N)=N/O)c1. The van der Waals surface area contributed by atoms with Gasteiger partial charge in [0.2, 0.25) is 0 Å². The van der Waals surface area contributed by atoms with Crippen LogP contribution in [0.15, 0.2) is 52.8 Å². The number of ether oxygens (including phenoxy) is 1. The van der Waals surface area contributed by atoms with E-state index in [0.29, 0.717) is 11.3 Å². The van der Waals surface area contributed by atoms with Crippen molar-refractivity contribution in [2.24, 2.45) is 10.9 Å². The zero-order valence-electron chi connectivity index (χ0n) is 11.1. The Hall–Kier alpha value is -2.61. The molecule has 1 aromatic heterocycles. The lowest BCUT2D eigenvalue weighted by Gasteiger charge is -2.10. The van der Waals surface area contributed by atoms with Crippen LogP contribution >= 0.6 is 0 Å². The van der Waals surface area contributed by atoms with Crippen molar-refractivity contribution < 1.29 is 18.4 Å². The zero-order valence-corrected chi connectivity index (χ0v) is 11.9. The van der Waals surface area contributed by atoms with Crippen LogP contribution in [0, 0.1) is 0 Å². The van der Waals surface area contributed by atoms with Crippen LogP contribution in [0.5, 0.6) is 11.5 Å². The Bertz CT molecular complexity index is 788. The normalized spacial score (nSPS) is 12.1. The van der Waals surface area contributed by atoms with Crippen molar-refractivity contribution in [3.63, 3.8) is 0 Å². The maximum atomic E-state index is 11.5. The summed E-state index contributed by atoms with van der Waals surface area (Å²) in [5.41, 5.74) is 5.89. The molecule has 0 aliphatic carbocycles. The van der Waals surface area contributed by atoms with Crippen LogP contribution in [-0.4, -0.2) is 30.7 Å². The first kappa shape index (κ1) is 14.8. The molecule has 0 aliphatic rings. The summed E-state index contributed by atoms with van der Waals surface area (Å²) in [4.78, 5) is 4.03. The van der Waals surface area contributed by atoms with Gasteiger partial charge in [-0.1, -0.05) is 11.2 Å². The van der Waals surface area contributed by atoms with Gasteiger partial charge in [-0.15, -0.1) is 0 Å². The number of nitrogens with zero attached hydrogens (tertiary/aromatic N) is 2. The van der Waals surface area contributed by atoms with Gasteiger partial charge >= 0.3 is 0 Å². The molecule has 2 rings (SSSR count). The summed E-state index contributed by atoms with van der Waals surface area (Å²) in [6.07, 6.45) is 3.96. The molecule has 0 spiro atoms. The van der Waals surface area contributed by atoms with E-state index in [1.807, 2.05) is 0 Å². The van der Waals surface area contributed by atoms with Crippen molar-refractivity contribution in [2.75, 3.05) is 6.26 Å². The third-order valence-corrected chi connectivity index (χ3v) is 3.74. The van der Waals surface area contributed by atoms with Crippen molar-refractivity contribution in [3.05, 3.63) is 48.3 Å². The number of oxime groups is 1. The van der Waals surface area contributed by atoms with E-state index in [-0.39, 0.29) is 16.5 Å². The molecule has 0 fully saturated rings. The molecular weight excluding hydrogens is 294 g/mol. The maximum Gasteiger partial charge on any atom is 0.175 e. The van der Waals surface area contributed by atoms with Crippen LogP contribution in [0.4, 0.5) is 0 Å². The highest BCUT2D eigenvalue weighted by Crippen LogP contribution is 2.26. The minimum Gasteiger partial charge on any atom is -0.455 e. The summed E-state index contributed by atoms with van der Waals surface area (Å²) in [5.74, 6) is 0.419. The lowest BCUT2D eigenvalue weighted by Crippen LogP contribution is -2.14. The maximum absolute atomic E-state index is 11.5. The largest absolute Gasteiger partial charge is 0.455 e. The van der Waals surface area contributed by atoms with E-state index in [4.69, 9.17) is 15.7 Å². The molecule has 0 atom stereocenters. The Balaban J connectivity index is 2.40. The number of hydrogen-bond donors (Lipinski definition) is 2. The average molecular weight is 307 g/mol. The van der Waals surface area contributed by atoms with Crippen LogP contribution in [0.25, 0.3) is 0 Å². The number of rotatable bonds is 4. The van der Waals surface area contributed by atoms with Gasteiger partial charge in [-0.2, -0.15) is 0 Å². The molecule has 7 nitrogen and oxygen atoms in total. The van der Waals surface area contributed by atoms with E-state index < -0.39 is 9.84 Å². The standard InChI is InChI=1S/C13H13N3O4S/c1-21(18,19)10-4-2-3-9(7-10)20-12-8-15-6-5-11(12)13(14)16-17/h2-8,17H,1H3,(H2,14,16). The third-order valence-electron chi connectivity index (χ3n) is 2.63. The first-order valence-electron chi connectivity index (χ1n) is 5.81. The molecule has 1 heterocycles. The van der Waals surface area contributed by atoms with Crippen LogP contribution in [0.3, 0.4) is 0 Å². The second-order valence-electron chi connectivity index (χ2n) is 4.21. The molecular formula is C13H13N3O4S. The van der Waals surface area contributed by atoms with Crippen LogP contribution in [0.1, 0.15) is 5.56 Å². The number of benzene rings is 1. The van der Waals surface area contributed by atoms with Crippen molar-refractivity contribution in [3.8, 4) is 11.5 Å². The number of sulfone groups is 1. The Morgan fingerprint density at radius 1 is 1.38 bits per heavy atom. The number of hydrogen-bond acceptors (Lipinski definition) is 6. The number of nitrogens with two attached hydrogens (primary N) is 1. The summed E-state index contributed by atoms with van der Waals surface area (Å²) in [6, 6.07) is 7.53. The van der Waals surface area contributed by atoms with Gasteiger partial charge in [-0.25, -0.2) is 8.42 Å².